The third-order valence-corrected chi connectivity index (χ3v) is 4.43. The van der Waals surface area contributed by atoms with Crippen LogP contribution in [0.5, 0.6) is 0 Å². The number of benzene rings is 1. The second kappa shape index (κ2) is 6.04. The molecule has 21 heavy (non-hydrogen) atoms. The quantitative estimate of drug-likeness (QED) is 0.801. The molecular formula is C15H23NO4S. The third-order valence-electron chi connectivity index (χ3n) is 3.85. The summed E-state index contributed by atoms with van der Waals surface area (Å²) >= 11 is 0. The minimum atomic E-state index is -3.52. The first kappa shape index (κ1) is 16.4. The lowest BCUT2D eigenvalue weighted by molar-refractivity contribution is 0.00890. The molecule has 2 rings (SSSR count). The van der Waals surface area contributed by atoms with Crippen molar-refractivity contribution in [2.45, 2.75) is 44.6 Å². The van der Waals surface area contributed by atoms with Crippen LogP contribution in [-0.4, -0.2) is 37.7 Å². The van der Waals surface area contributed by atoms with Gasteiger partial charge < -0.3 is 5.11 Å². The second-order valence-electron chi connectivity index (χ2n) is 6.25. The number of hydrogen-bond donors (Lipinski definition) is 2. The number of aliphatic hydroxyl groups is 1. The fraction of sp³-hybridized carbons (Fsp3) is 0.600. The van der Waals surface area contributed by atoms with Crippen LogP contribution in [0.2, 0.25) is 0 Å². The van der Waals surface area contributed by atoms with Crippen LogP contribution in [0.4, 0.5) is 0 Å². The van der Waals surface area contributed by atoms with Gasteiger partial charge in [0.15, 0.2) is 0 Å². The van der Waals surface area contributed by atoms with Gasteiger partial charge in [-0.05, 0) is 32.3 Å². The van der Waals surface area contributed by atoms with E-state index in [4.69, 9.17) is 4.18 Å². The molecule has 6 heteroatoms. The first-order valence-electron chi connectivity index (χ1n) is 7.06. The van der Waals surface area contributed by atoms with E-state index in [0.717, 1.165) is 18.2 Å². The number of nitrogens with one attached hydrogen (secondary N) is 1. The minimum absolute atomic E-state index is 0.0286. The Hall–Kier alpha value is -0.950. The Labute approximate surface area is 126 Å². The van der Waals surface area contributed by atoms with Gasteiger partial charge in [-0.25, -0.2) is 0 Å². The molecule has 0 saturated carbocycles. The van der Waals surface area contributed by atoms with Crippen molar-refractivity contribution in [3.8, 4) is 0 Å². The van der Waals surface area contributed by atoms with E-state index in [1.807, 2.05) is 30.3 Å². The molecule has 1 saturated heterocycles. The van der Waals surface area contributed by atoms with Gasteiger partial charge in [-0.1, -0.05) is 30.3 Å². The summed E-state index contributed by atoms with van der Waals surface area (Å²) < 4.78 is 27.6. The molecule has 0 amide bonds. The van der Waals surface area contributed by atoms with Crippen molar-refractivity contribution < 1.29 is 17.7 Å². The van der Waals surface area contributed by atoms with Crippen molar-refractivity contribution >= 4 is 10.1 Å². The molecule has 3 atom stereocenters. The van der Waals surface area contributed by atoms with Gasteiger partial charge in [0.25, 0.3) is 10.1 Å². The highest BCUT2D eigenvalue weighted by molar-refractivity contribution is 7.86. The lowest BCUT2D eigenvalue weighted by Crippen LogP contribution is -2.42. The van der Waals surface area contributed by atoms with Gasteiger partial charge in [0, 0.05) is 12.0 Å². The molecule has 1 heterocycles. The third kappa shape index (κ3) is 4.78. The predicted molar refractivity (Wildman–Crippen MR) is 81.2 cm³/mol. The van der Waals surface area contributed by atoms with E-state index in [0.29, 0.717) is 6.42 Å². The molecule has 0 spiro atoms. The molecule has 0 bridgehead atoms. The molecule has 118 valence electrons. The molecule has 1 aromatic rings. The average molecular weight is 313 g/mol. The molecule has 0 aromatic heterocycles. The Morgan fingerprint density at radius 3 is 2.48 bits per heavy atom. The van der Waals surface area contributed by atoms with E-state index in [1.165, 1.54) is 0 Å². The first-order valence-corrected chi connectivity index (χ1v) is 8.87. The van der Waals surface area contributed by atoms with Gasteiger partial charge in [0.1, 0.15) is 6.23 Å². The Bertz CT molecular complexity index is 565. The Balaban J connectivity index is 2.13. The van der Waals surface area contributed by atoms with Gasteiger partial charge in [-0.3, -0.25) is 9.50 Å². The van der Waals surface area contributed by atoms with E-state index in [1.54, 1.807) is 13.8 Å². The van der Waals surface area contributed by atoms with E-state index in [-0.39, 0.29) is 12.0 Å². The summed E-state index contributed by atoms with van der Waals surface area (Å²) in [5.74, 6) is -0.0792. The fourth-order valence-electron chi connectivity index (χ4n) is 2.95. The SMILES string of the molecule is CC(C)(O)C1CC(OS(C)(=O)=O)NC1Cc1ccccc1. The second-order valence-corrected chi connectivity index (χ2v) is 7.85. The smallest absolute Gasteiger partial charge is 0.265 e. The minimum Gasteiger partial charge on any atom is -0.390 e. The van der Waals surface area contributed by atoms with Crippen LogP contribution in [0.15, 0.2) is 30.3 Å². The Kier molecular flexibility index (Phi) is 4.72. The molecule has 1 aliphatic rings. The van der Waals surface area contributed by atoms with E-state index >= 15 is 0 Å². The van der Waals surface area contributed by atoms with Crippen LogP contribution in [0.3, 0.4) is 0 Å². The zero-order valence-electron chi connectivity index (χ0n) is 12.6. The lowest BCUT2D eigenvalue weighted by Gasteiger charge is -2.30. The zero-order valence-corrected chi connectivity index (χ0v) is 13.4. The Morgan fingerprint density at radius 2 is 1.95 bits per heavy atom. The molecule has 0 aliphatic carbocycles. The van der Waals surface area contributed by atoms with Crippen molar-refractivity contribution in [2.75, 3.05) is 6.26 Å². The molecule has 5 nitrogen and oxygen atoms in total. The fourth-order valence-corrected chi connectivity index (χ4v) is 3.50. The highest BCUT2D eigenvalue weighted by Gasteiger charge is 2.43. The van der Waals surface area contributed by atoms with Crippen LogP contribution in [0, 0.1) is 5.92 Å². The maximum atomic E-state index is 11.3. The van der Waals surface area contributed by atoms with Gasteiger partial charge >= 0.3 is 0 Å². The summed E-state index contributed by atoms with van der Waals surface area (Å²) in [5.41, 5.74) is 0.242. The van der Waals surface area contributed by atoms with Gasteiger partial charge in [0.2, 0.25) is 0 Å². The summed E-state index contributed by atoms with van der Waals surface area (Å²) in [6.07, 6.45) is 1.65. The zero-order chi connectivity index (χ0) is 15.7. The van der Waals surface area contributed by atoms with Crippen molar-refractivity contribution in [1.82, 2.24) is 5.32 Å². The molecule has 2 N–H and O–H groups in total. The highest BCUT2D eigenvalue weighted by Crippen LogP contribution is 2.33. The Morgan fingerprint density at radius 1 is 1.33 bits per heavy atom. The van der Waals surface area contributed by atoms with Crippen molar-refractivity contribution in [2.24, 2.45) is 5.92 Å². The lowest BCUT2D eigenvalue weighted by atomic mass is 9.82. The average Bonchev–Trinajstić information content (AvgIpc) is 2.70. The summed E-state index contributed by atoms with van der Waals surface area (Å²) in [5, 5.41) is 13.5. The number of hydrogen-bond acceptors (Lipinski definition) is 5. The van der Waals surface area contributed by atoms with E-state index in [9.17, 15) is 13.5 Å². The van der Waals surface area contributed by atoms with Crippen molar-refractivity contribution in [3.63, 3.8) is 0 Å². The maximum absolute atomic E-state index is 11.3. The maximum Gasteiger partial charge on any atom is 0.265 e. The summed E-state index contributed by atoms with van der Waals surface area (Å²) in [4.78, 5) is 0. The molecular weight excluding hydrogens is 290 g/mol. The first-order chi connectivity index (χ1) is 9.65. The highest BCUT2D eigenvalue weighted by atomic mass is 32.2. The van der Waals surface area contributed by atoms with Crippen LogP contribution in [-0.2, 0) is 20.7 Å². The van der Waals surface area contributed by atoms with E-state index < -0.39 is 21.9 Å². The van der Waals surface area contributed by atoms with E-state index in [2.05, 4.69) is 5.32 Å². The molecule has 3 unspecified atom stereocenters. The monoisotopic (exact) mass is 313 g/mol. The van der Waals surface area contributed by atoms with Gasteiger partial charge in [0.05, 0.1) is 11.9 Å². The van der Waals surface area contributed by atoms with Crippen LogP contribution in [0.25, 0.3) is 0 Å². The van der Waals surface area contributed by atoms with Crippen LogP contribution < -0.4 is 5.32 Å². The summed E-state index contributed by atoms with van der Waals surface area (Å²) in [6, 6.07) is 9.90. The molecule has 1 aliphatic heterocycles. The standard InChI is InChI=1S/C15H23NO4S/c1-15(2,17)12-10-14(20-21(3,18)19)16-13(12)9-11-7-5-4-6-8-11/h4-8,12-14,16-17H,9-10H2,1-3H3. The van der Waals surface area contributed by atoms with Crippen LogP contribution >= 0.6 is 0 Å². The van der Waals surface area contributed by atoms with Crippen molar-refractivity contribution in [1.29, 1.82) is 0 Å². The molecule has 1 fully saturated rings. The van der Waals surface area contributed by atoms with Gasteiger partial charge in [-0.2, -0.15) is 8.42 Å². The molecule has 1 aromatic carbocycles. The number of rotatable bonds is 5. The van der Waals surface area contributed by atoms with Crippen molar-refractivity contribution in [3.05, 3.63) is 35.9 Å². The van der Waals surface area contributed by atoms with Crippen LogP contribution in [0.1, 0.15) is 25.8 Å². The van der Waals surface area contributed by atoms with Gasteiger partial charge in [-0.15, -0.1) is 0 Å². The normalized spacial score (nSPS) is 27.0. The summed E-state index contributed by atoms with van der Waals surface area (Å²) in [7, 11) is -3.52. The largest absolute Gasteiger partial charge is 0.390 e. The molecule has 0 radical (unpaired) electrons. The predicted octanol–water partition coefficient (Wildman–Crippen LogP) is 1.28. The summed E-state index contributed by atoms with van der Waals surface area (Å²) in [6.45, 7) is 3.50. The topological polar surface area (TPSA) is 75.6 Å².